The van der Waals surface area contributed by atoms with Crippen LogP contribution < -0.4 is 4.74 Å². The van der Waals surface area contributed by atoms with Crippen molar-refractivity contribution in [2.24, 2.45) is 0 Å². The Hall–Kier alpha value is -1.68. The van der Waals surface area contributed by atoms with E-state index in [1.165, 1.54) is 5.56 Å². The first-order valence-electron chi connectivity index (χ1n) is 5.38. The van der Waals surface area contributed by atoms with Gasteiger partial charge in [-0.1, -0.05) is 49.4 Å². The molecule has 1 aromatic heterocycles. The predicted octanol–water partition coefficient (Wildman–Crippen LogP) is 3.00. The Morgan fingerprint density at radius 2 is 1.88 bits per heavy atom. The fourth-order valence-corrected chi connectivity index (χ4v) is 2.27. The van der Waals surface area contributed by atoms with Crippen molar-refractivity contribution in [2.75, 3.05) is 0 Å². The van der Waals surface area contributed by atoms with E-state index < -0.39 is 0 Å². The molecule has 1 N–H and O–H groups in total. The lowest BCUT2D eigenvalue weighted by Gasteiger charge is -2.06. The number of benzene rings is 1. The third-order valence-corrected chi connectivity index (χ3v) is 3.32. The molecule has 0 aliphatic carbocycles. The van der Waals surface area contributed by atoms with Crippen LogP contribution in [0.5, 0.6) is 5.88 Å². The fourth-order valence-electron chi connectivity index (χ4n) is 1.52. The van der Waals surface area contributed by atoms with Crippen molar-refractivity contribution >= 4 is 11.3 Å². The molecule has 0 amide bonds. The normalized spacial score (nSPS) is 10.8. The molecule has 0 atom stereocenters. The van der Waals surface area contributed by atoms with E-state index in [4.69, 9.17) is 0 Å². The monoisotopic (exact) mass is 247 g/mol. The second-order valence-corrected chi connectivity index (χ2v) is 5.11. The zero-order chi connectivity index (χ0) is 12.4. The zero-order valence-electron chi connectivity index (χ0n) is 9.68. The molecule has 2 rings (SSSR count). The Labute approximate surface area is 103 Å². The van der Waals surface area contributed by atoms with Gasteiger partial charge in [0.15, 0.2) is 0 Å². The minimum atomic E-state index is -0.225. The lowest BCUT2D eigenvalue weighted by atomic mass is 10.0. The van der Waals surface area contributed by atoms with Gasteiger partial charge in [0.25, 0.3) is 0 Å². The first-order chi connectivity index (χ1) is 8.06. The molecular formula is C13H13NO2S. The zero-order valence-corrected chi connectivity index (χ0v) is 10.5. The highest BCUT2D eigenvalue weighted by Crippen LogP contribution is 2.23. The largest absolute Gasteiger partial charge is 0.493 e. The van der Waals surface area contributed by atoms with Crippen molar-refractivity contribution in [1.29, 1.82) is 0 Å². The predicted molar refractivity (Wildman–Crippen MR) is 69.6 cm³/mol. The molecule has 0 radical (unpaired) electrons. The van der Waals surface area contributed by atoms with Crippen molar-refractivity contribution in [1.82, 2.24) is 4.98 Å². The molecule has 2 aromatic rings. The highest BCUT2D eigenvalue weighted by molar-refractivity contribution is 7.12. The number of nitrogens with zero attached hydrogens (tertiary/aromatic N) is 1. The fraction of sp³-hybridized carbons (Fsp3) is 0.231. The quantitative estimate of drug-likeness (QED) is 0.887. The van der Waals surface area contributed by atoms with Gasteiger partial charge in [-0.25, -0.2) is 4.98 Å². The average Bonchev–Trinajstić information content (AvgIpc) is 2.28. The maximum Gasteiger partial charge on any atom is 0.239 e. The van der Waals surface area contributed by atoms with Gasteiger partial charge < -0.3 is 5.11 Å². The van der Waals surface area contributed by atoms with Gasteiger partial charge in [-0.05, 0) is 11.5 Å². The highest BCUT2D eigenvalue weighted by atomic mass is 32.1. The molecule has 0 bridgehead atoms. The van der Waals surface area contributed by atoms with Gasteiger partial charge >= 0.3 is 0 Å². The van der Waals surface area contributed by atoms with Gasteiger partial charge in [-0.15, -0.1) is 0 Å². The van der Waals surface area contributed by atoms with E-state index in [1.54, 1.807) is 0 Å². The second-order valence-electron chi connectivity index (χ2n) is 4.12. The number of hydrogen-bond acceptors (Lipinski definition) is 4. The number of rotatable bonds is 2. The minimum Gasteiger partial charge on any atom is -0.493 e. The van der Waals surface area contributed by atoms with Gasteiger partial charge in [0.05, 0.1) is 6.07 Å². The van der Waals surface area contributed by atoms with Crippen LogP contribution in [0.15, 0.2) is 35.1 Å². The maximum absolute atomic E-state index is 11.3. The summed E-state index contributed by atoms with van der Waals surface area (Å²) in [7, 11) is 0. The molecule has 3 nitrogen and oxygen atoms in total. The molecule has 0 spiro atoms. The van der Waals surface area contributed by atoms with E-state index in [-0.39, 0.29) is 10.6 Å². The van der Waals surface area contributed by atoms with Gasteiger partial charge in [0, 0.05) is 5.56 Å². The van der Waals surface area contributed by atoms with Gasteiger partial charge in [-0.2, -0.15) is 0 Å². The number of hydrogen-bond donors (Lipinski definition) is 1. The number of aromatic hydroxyl groups is 1. The summed E-state index contributed by atoms with van der Waals surface area (Å²) >= 11 is 1.03. The highest BCUT2D eigenvalue weighted by Gasteiger charge is 2.05. The first kappa shape index (κ1) is 11.8. The van der Waals surface area contributed by atoms with E-state index in [1.807, 2.05) is 24.3 Å². The molecular weight excluding hydrogens is 234 g/mol. The van der Waals surface area contributed by atoms with E-state index in [0.29, 0.717) is 10.9 Å². The molecule has 1 heterocycles. The Balaban J connectivity index is 2.43. The second kappa shape index (κ2) is 4.67. The SMILES string of the molecule is CC(C)c1ccc(-c2nc(O)cc(=O)s2)cc1. The molecule has 4 heteroatoms. The standard InChI is InChI=1S/C13H13NO2S/c1-8(2)9-3-5-10(6-4-9)13-14-11(15)7-12(16)17-13/h3-8,15H,1-2H3. The van der Waals surface area contributed by atoms with Crippen molar-refractivity contribution in [3.8, 4) is 16.5 Å². The van der Waals surface area contributed by atoms with Crippen LogP contribution in [0, 0.1) is 0 Å². The summed E-state index contributed by atoms with van der Waals surface area (Å²) in [6.45, 7) is 4.25. The number of aromatic nitrogens is 1. The summed E-state index contributed by atoms with van der Waals surface area (Å²) in [5.74, 6) is 0.247. The Morgan fingerprint density at radius 3 is 2.41 bits per heavy atom. The molecule has 0 saturated heterocycles. The summed E-state index contributed by atoms with van der Waals surface area (Å²) in [4.78, 5) is 15.2. The summed E-state index contributed by atoms with van der Waals surface area (Å²) in [5.41, 5.74) is 2.09. The van der Waals surface area contributed by atoms with Crippen LogP contribution in [-0.4, -0.2) is 10.1 Å². The van der Waals surface area contributed by atoms with E-state index in [2.05, 4.69) is 18.8 Å². The first-order valence-corrected chi connectivity index (χ1v) is 6.19. The lowest BCUT2D eigenvalue weighted by Crippen LogP contribution is -1.94. The summed E-state index contributed by atoms with van der Waals surface area (Å²) in [5, 5.41) is 9.84. The van der Waals surface area contributed by atoms with Gasteiger partial charge in [0.2, 0.25) is 10.6 Å². The molecule has 1 aromatic carbocycles. The van der Waals surface area contributed by atoms with Crippen LogP contribution in [0.3, 0.4) is 0 Å². The van der Waals surface area contributed by atoms with Gasteiger partial charge in [-0.3, -0.25) is 4.79 Å². The van der Waals surface area contributed by atoms with Crippen molar-refractivity contribution < 1.29 is 5.11 Å². The van der Waals surface area contributed by atoms with Crippen molar-refractivity contribution in [3.05, 3.63) is 45.4 Å². The minimum absolute atomic E-state index is 0.194. The van der Waals surface area contributed by atoms with Crippen LogP contribution in [-0.2, 0) is 0 Å². The topological polar surface area (TPSA) is 50.2 Å². The Kier molecular flexibility index (Phi) is 3.24. The van der Waals surface area contributed by atoms with Crippen LogP contribution in [0.4, 0.5) is 0 Å². The van der Waals surface area contributed by atoms with Gasteiger partial charge in [0.1, 0.15) is 5.01 Å². The summed E-state index contributed by atoms with van der Waals surface area (Å²) < 4.78 is -0.194. The van der Waals surface area contributed by atoms with E-state index in [0.717, 1.165) is 23.0 Å². The molecule has 0 saturated carbocycles. The maximum atomic E-state index is 11.3. The van der Waals surface area contributed by atoms with Crippen molar-refractivity contribution in [3.63, 3.8) is 0 Å². The molecule has 17 heavy (non-hydrogen) atoms. The van der Waals surface area contributed by atoms with Crippen LogP contribution in [0.2, 0.25) is 0 Å². The smallest absolute Gasteiger partial charge is 0.239 e. The molecule has 88 valence electrons. The van der Waals surface area contributed by atoms with Crippen LogP contribution in [0.25, 0.3) is 10.6 Å². The van der Waals surface area contributed by atoms with Crippen LogP contribution >= 0.6 is 11.3 Å². The average molecular weight is 247 g/mol. The summed E-state index contributed by atoms with van der Waals surface area (Å²) in [6.07, 6.45) is 0. The molecule has 0 fully saturated rings. The lowest BCUT2D eigenvalue weighted by molar-refractivity contribution is 0.454. The molecule has 0 aliphatic heterocycles. The summed E-state index contributed by atoms with van der Waals surface area (Å²) in [6, 6.07) is 9.00. The Morgan fingerprint density at radius 1 is 1.24 bits per heavy atom. The third-order valence-electron chi connectivity index (χ3n) is 2.48. The van der Waals surface area contributed by atoms with Crippen molar-refractivity contribution in [2.45, 2.75) is 19.8 Å². The Bertz CT molecular complexity index is 573. The molecule has 0 unspecified atom stereocenters. The van der Waals surface area contributed by atoms with E-state index >= 15 is 0 Å². The van der Waals surface area contributed by atoms with Crippen LogP contribution in [0.1, 0.15) is 25.3 Å². The molecule has 0 aliphatic rings. The third kappa shape index (κ3) is 2.71. The van der Waals surface area contributed by atoms with E-state index in [9.17, 15) is 9.90 Å².